The molecule has 0 radical (unpaired) electrons. The number of hydrogen-bond donors (Lipinski definition) is 2. The number of nitrogens with zero attached hydrogens (tertiary/aromatic N) is 1. The van der Waals surface area contributed by atoms with Gasteiger partial charge in [0.2, 0.25) is 11.8 Å². The molecule has 130 valence electrons. The average molecular weight is 371 g/mol. The summed E-state index contributed by atoms with van der Waals surface area (Å²) in [4.78, 5) is 23.4. The quantitative estimate of drug-likeness (QED) is 0.698. The summed E-state index contributed by atoms with van der Waals surface area (Å²) < 4.78 is 30.5. The van der Waals surface area contributed by atoms with E-state index in [2.05, 4.69) is 10.6 Å². The molecule has 0 atom stereocenters. The van der Waals surface area contributed by atoms with Crippen molar-refractivity contribution >= 4 is 33.2 Å². The van der Waals surface area contributed by atoms with Crippen molar-refractivity contribution in [1.29, 1.82) is 0 Å². The molecule has 10 heteroatoms. The van der Waals surface area contributed by atoms with Crippen LogP contribution in [-0.2, 0) is 26.2 Å². The predicted molar refractivity (Wildman–Crippen MR) is 87.7 cm³/mol. The van der Waals surface area contributed by atoms with E-state index in [1.165, 1.54) is 19.4 Å². The molecule has 2 rings (SSSR count). The highest BCUT2D eigenvalue weighted by Gasteiger charge is 2.23. The fraction of sp³-hybridized carbons (Fsp3) is 0.286. The van der Waals surface area contributed by atoms with E-state index < -0.39 is 21.8 Å². The van der Waals surface area contributed by atoms with E-state index in [1.54, 1.807) is 23.6 Å². The van der Waals surface area contributed by atoms with Gasteiger partial charge in [-0.1, -0.05) is 6.07 Å². The van der Waals surface area contributed by atoms with Gasteiger partial charge in [0, 0.05) is 7.05 Å². The van der Waals surface area contributed by atoms with Crippen molar-refractivity contribution in [2.75, 3.05) is 20.1 Å². The summed E-state index contributed by atoms with van der Waals surface area (Å²) in [5, 5.41) is 6.59. The molecule has 0 spiro atoms. The highest BCUT2D eigenvalue weighted by molar-refractivity contribution is 7.91. The molecular weight excluding hydrogens is 354 g/mol. The van der Waals surface area contributed by atoms with Gasteiger partial charge in [-0.15, -0.1) is 11.3 Å². The van der Waals surface area contributed by atoms with Crippen molar-refractivity contribution in [2.24, 2.45) is 0 Å². The zero-order chi connectivity index (χ0) is 17.6. The summed E-state index contributed by atoms with van der Waals surface area (Å²) in [6, 6.07) is 6.50. The maximum atomic E-state index is 12.2. The zero-order valence-corrected chi connectivity index (χ0v) is 14.5. The lowest BCUT2D eigenvalue weighted by Gasteiger charge is -2.15. The molecule has 2 heterocycles. The number of thiophene rings is 1. The summed E-state index contributed by atoms with van der Waals surface area (Å²) in [5.41, 5.74) is 0. The van der Waals surface area contributed by atoms with Crippen molar-refractivity contribution in [2.45, 2.75) is 10.8 Å². The monoisotopic (exact) mass is 371 g/mol. The molecule has 24 heavy (non-hydrogen) atoms. The standard InChI is InChI=1S/C14H17N3O5S2/c1-17(24(20,21)14-5-3-7-23-14)10-13(19)16-9-12(18)15-8-11-4-2-6-22-11/h2-7H,8-10H2,1H3,(H,15,18)(H,16,19). The van der Waals surface area contributed by atoms with Crippen LogP contribution < -0.4 is 10.6 Å². The molecule has 0 aliphatic rings. The minimum atomic E-state index is -3.69. The van der Waals surface area contributed by atoms with Crippen LogP contribution in [0.25, 0.3) is 0 Å². The van der Waals surface area contributed by atoms with E-state index in [1.807, 2.05) is 0 Å². The third-order valence-corrected chi connectivity index (χ3v) is 6.19. The number of furan rings is 1. The van der Waals surface area contributed by atoms with Gasteiger partial charge in [-0.05, 0) is 23.6 Å². The van der Waals surface area contributed by atoms with E-state index in [0.717, 1.165) is 15.6 Å². The van der Waals surface area contributed by atoms with Crippen LogP contribution in [0.3, 0.4) is 0 Å². The third-order valence-electron chi connectivity index (χ3n) is 3.01. The van der Waals surface area contributed by atoms with Crippen LogP contribution in [0.15, 0.2) is 44.5 Å². The highest BCUT2D eigenvalue weighted by Crippen LogP contribution is 2.19. The van der Waals surface area contributed by atoms with E-state index in [-0.39, 0.29) is 23.8 Å². The SMILES string of the molecule is CN(CC(=O)NCC(=O)NCc1ccco1)S(=O)(=O)c1cccs1. The molecule has 2 amide bonds. The second-order valence-electron chi connectivity index (χ2n) is 4.83. The van der Waals surface area contributed by atoms with Crippen molar-refractivity contribution in [3.8, 4) is 0 Å². The first kappa shape index (κ1) is 18.2. The lowest BCUT2D eigenvalue weighted by Crippen LogP contribution is -2.42. The molecule has 8 nitrogen and oxygen atoms in total. The van der Waals surface area contributed by atoms with Gasteiger partial charge in [0.25, 0.3) is 10.0 Å². The molecule has 0 unspecified atom stereocenters. The van der Waals surface area contributed by atoms with Crippen molar-refractivity contribution < 1.29 is 22.4 Å². The smallest absolute Gasteiger partial charge is 0.252 e. The lowest BCUT2D eigenvalue weighted by atomic mass is 10.4. The maximum absolute atomic E-state index is 12.2. The number of nitrogens with one attached hydrogen (secondary N) is 2. The Morgan fingerprint density at radius 2 is 2.00 bits per heavy atom. The summed E-state index contributed by atoms with van der Waals surface area (Å²) >= 11 is 1.07. The molecule has 0 aliphatic carbocycles. The number of rotatable bonds is 8. The molecule has 2 aromatic rings. The van der Waals surface area contributed by atoms with Gasteiger partial charge in [0.05, 0.1) is 25.9 Å². The van der Waals surface area contributed by atoms with Crippen LogP contribution in [0.4, 0.5) is 0 Å². The van der Waals surface area contributed by atoms with Gasteiger partial charge in [-0.3, -0.25) is 9.59 Å². The van der Waals surface area contributed by atoms with Gasteiger partial charge < -0.3 is 15.1 Å². The number of amides is 2. The Morgan fingerprint density at radius 3 is 2.62 bits per heavy atom. The van der Waals surface area contributed by atoms with E-state index in [0.29, 0.717) is 5.76 Å². The molecule has 0 aliphatic heterocycles. The van der Waals surface area contributed by atoms with Crippen LogP contribution >= 0.6 is 11.3 Å². The summed E-state index contributed by atoms with van der Waals surface area (Å²) in [5.74, 6) is -0.370. The first-order valence-corrected chi connectivity index (χ1v) is 9.27. The van der Waals surface area contributed by atoms with Gasteiger partial charge in [0.15, 0.2) is 0 Å². The van der Waals surface area contributed by atoms with Crippen LogP contribution in [0, 0.1) is 0 Å². The predicted octanol–water partition coefficient (Wildman–Crippen LogP) is 0.394. The lowest BCUT2D eigenvalue weighted by molar-refractivity contribution is -0.126. The van der Waals surface area contributed by atoms with Gasteiger partial charge in [-0.25, -0.2) is 8.42 Å². The fourth-order valence-corrected chi connectivity index (χ4v) is 4.08. The zero-order valence-electron chi connectivity index (χ0n) is 12.9. The molecule has 0 fully saturated rings. The van der Waals surface area contributed by atoms with E-state index >= 15 is 0 Å². The summed E-state index contributed by atoms with van der Waals surface area (Å²) in [6.07, 6.45) is 1.49. The third kappa shape index (κ3) is 4.91. The number of carbonyl (C=O) groups is 2. The Morgan fingerprint density at radius 1 is 1.21 bits per heavy atom. The average Bonchev–Trinajstić information content (AvgIpc) is 3.23. The minimum Gasteiger partial charge on any atom is -0.467 e. The Labute approximate surface area is 143 Å². The van der Waals surface area contributed by atoms with Gasteiger partial charge in [-0.2, -0.15) is 4.31 Å². The number of sulfonamides is 1. The second kappa shape index (κ2) is 8.08. The summed E-state index contributed by atoms with van der Waals surface area (Å²) in [7, 11) is -2.38. The van der Waals surface area contributed by atoms with Crippen LogP contribution in [0.2, 0.25) is 0 Å². The van der Waals surface area contributed by atoms with Crippen molar-refractivity contribution in [1.82, 2.24) is 14.9 Å². The number of hydrogen-bond acceptors (Lipinski definition) is 6. The van der Waals surface area contributed by atoms with Crippen LogP contribution in [0.1, 0.15) is 5.76 Å². The Hall–Kier alpha value is -2.17. The largest absolute Gasteiger partial charge is 0.467 e. The molecule has 0 saturated carbocycles. The Bertz CT molecular complexity index is 769. The fourth-order valence-electron chi connectivity index (χ4n) is 1.75. The Kier molecular flexibility index (Phi) is 6.12. The first-order valence-electron chi connectivity index (χ1n) is 6.95. The minimum absolute atomic E-state index is 0.161. The van der Waals surface area contributed by atoms with Gasteiger partial charge in [0.1, 0.15) is 9.97 Å². The maximum Gasteiger partial charge on any atom is 0.252 e. The number of carbonyl (C=O) groups excluding carboxylic acids is 2. The molecular formula is C14H17N3O5S2. The van der Waals surface area contributed by atoms with E-state index in [9.17, 15) is 18.0 Å². The first-order chi connectivity index (χ1) is 11.4. The van der Waals surface area contributed by atoms with Gasteiger partial charge >= 0.3 is 0 Å². The highest BCUT2D eigenvalue weighted by atomic mass is 32.2. The molecule has 0 aromatic carbocycles. The topological polar surface area (TPSA) is 109 Å². The van der Waals surface area contributed by atoms with Crippen molar-refractivity contribution in [3.05, 3.63) is 41.7 Å². The number of likely N-dealkylation sites (N-methyl/N-ethyl adjacent to an activating group) is 1. The van der Waals surface area contributed by atoms with Crippen LogP contribution in [0.5, 0.6) is 0 Å². The second-order valence-corrected chi connectivity index (χ2v) is 8.05. The van der Waals surface area contributed by atoms with E-state index in [4.69, 9.17) is 4.42 Å². The van der Waals surface area contributed by atoms with Crippen molar-refractivity contribution in [3.63, 3.8) is 0 Å². The normalized spacial score (nSPS) is 11.4. The molecule has 0 saturated heterocycles. The summed E-state index contributed by atoms with van der Waals surface area (Å²) in [6.45, 7) is -0.396. The molecule has 2 N–H and O–H groups in total. The Balaban J connectivity index is 1.75. The van der Waals surface area contributed by atoms with Crippen LogP contribution in [-0.4, -0.2) is 44.7 Å². The molecule has 2 aromatic heterocycles. The molecule has 0 bridgehead atoms.